The Hall–Kier alpha value is -2.18. The molecular formula is C24H32N2O3S. The van der Waals surface area contributed by atoms with Crippen molar-refractivity contribution in [3.8, 4) is 0 Å². The van der Waals surface area contributed by atoms with Gasteiger partial charge >= 0.3 is 0 Å². The molecule has 0 spiro atoms. The predicted octanol–water partition coefficient (Wildman–Crippen LogP) is 4.67. The molecule has 1 N–H and O–H groups in total. The molecule has 1 fully saturated rings. The molecule has 1 heterocycles. The van der Waals surface area contributed by atoms with E-state index < -0.39 is 10.0 Å². The summed E-state index contributed by atoms with van der Waals surface area (Å²) in [4.78, 5) is 13.2. The third-order valence-electron chi connectivity index (χ3n) is 6.04. The zero-order valence-electron chi connectivity index (χ0n) is 18.4. The highest BCUT2D eigenvalue weighted by atomic mass is 32.2. The summed E-state index contributed by atoms with van der Waals surface area (Å²) in [5.41, 5.74) is 4.57. The Morgan fingerprint density at radius 3 is 2.17 bits per heavy atom. The number of rotatable bonds is 5. The molecule has 6 heteroatoms. The van der Waals surface area contributed by atoms with E-state index in [2.05, 4.69) is 25.2 Å². The number of sulfonamides is 1. The monoisotopic (exact) mass is 428 g/mol. The molecule has 0 unspecified atom stereocenters. The van der Waals surface area contributed by atoms with Crippen molar-refractivity contribution in [2.24, 2.45) is 0 Å². The second-order valence-electron chi connectivity index (χ2n) is 8.33. The molecule has 0 saturated carbocycles. The number of carbonyl (C=O) groups is 1. The molecule has 0 aromatic heterocycles. The number of hydrogen-bond donors (Lipinski definition) is 1. The normalized spacial score (nSPS) is 16.7. The van der Waals surface area contributed by atoms with Crippen LogP contribution >= 0.6 is 0 Å². The summed E-state index contributed by atoms with van der Waals surface area (Å²) in [6.45, 7) is 8.97. The van der Waals surface area contributed by atoms with Crippen molar-refractivity contribution in [3.05, 3.63) is 64.2 Å². The van der Waals surface area contributed by atoms with Crippen molar-refractivity contribution in [1.82, 2.24) is 9.62 Å². The Labute approximate surface area is 180 Å². The Balaban J connectivity index is 1.83. The average molecular weight is 429 g/mol. The Bertz CT molecular complexity index is 1020. The molecule has 5 nitrogen and oxygen atoms in total. The van der Waals surface area contributed by atoms with E-state index in [1.54, 1.807) is 16.4 Å². The molecule has 0 bridgehead atoms. The third kappa shape index (κ3) is 4.93. The molecule has 1 amide bonds. The molecule has 2 aromatic rings. The van der Waals surface area contributed by atoms with Gasteiger partial charge in [-0.1, -0.05) is 37.1 Å². The van der Waals surface area contributed by atoms with Gasteiger partial charge in [0.05, 0.1) is 10.9 Å². The number of hydrogen-bond acceptors (Lipinski definition) is 3. The van der Waals surface area contributed by atoms with Crippen LogP contribution in [0.4, 0.5) is 0 Å². The molecule has 2 aromatic carbocycles. The van der Waals surface area contributed by atoms with E-state index in [4.69, 9.17) is 0 Å². The van der Waals surface area contributed by atoms with Gasteiger partial charge in [-0.3, -0.25) is 4.79 Å². The van der Waals surface area contributed by atoms with Crippen molar-refractivity contribution in [3.63, 3.8) is 0 Å². The van der Waals surface area contributed by atoms with E-state index in [1.807, 2.05) is 26.0 Å². The van der Waals surface area contributed by atoms with Crippen molar-refractivity contribution in [2.45, 2.75) is 64.3 Å². The summed E-state index contributed by atoms with van der Waals surface area (Å²) in [7, 11) is -3.60. The summed E-state index contributed by atoms with van der Waals surface area (Å²) in [5.74, 6) is -0.258. The Morgan fingerprint density at radius 1 is 0.900 bits per heavy atom. The van der Waals surface area contributed by atoms with Crippen LogP contribution in [0.5, 0.6) is 0 Å². The summed E-state index contributed by atoms with van der Waals surface area (Å²) in [5, 5.41) is 3.02. The van der Waals surface area contributed by atoms with E-state index >= 15 is 0 Å². The lowest BCUT2D eigenvalue weighted by atomic mass is 10.0. The fourth-order valence-corrected chi connectivity index (χ4v) is 5.37. The lowest BCUT2D eigenvalue weighted by molar-refractivity contribution is 0.0939. The molecule has 3 rings (SSSR count). The summed E-state index contributed by atoms with van der Waals surface area (Å²) >= 11 is 0. The highest BCUT2D eigenvalue weighted by molar-refractivity contribution is 7.89. The van der Waals surface area contributed by atoms with Gasteiger partial charge in [-0.2, -0.15) is 4.31 Å². The predicted molar refractivity (Wildman–Crippen MR) is 120 cm³/mol. The quantitative estimate of drug-likeness (QED) is 0.753. The lowest BCUT2D eigenvalue weighted by Gasteiger charge is -2.21. The van der Waals surface area contributed by atoms with Gasteiger partial charge in [0.2, 0.25) is 10.0 Å². The average Bonchev–Trinajstić information content (AvgIpc) is 3.00. The van der Waals surface area contributed by atoms with Gasteiger partial charge in [0.1, 0.15) is 0 Å². The van der Waals surface area contributed by atoms with Crippen molar-refractivity contribution < 1.29 is 13.2 Å². The van der Waals surface area contributed by atoms with Crippen LogP contribution in [0, 0.1) is 20.8 Å². The van der Waals surface area contributed by atoms with Crippen LogP contribution in [-0.2, 0) is 10.0 Å². The maximum Gasteiger partial charge on any atom is 0.252 e. The van der Waals surface area contributed by atoms with Gasteiger partial charge in [0, 0.05) is 18.7 Å². The Morgan fingerprint density at radius 2 is 1.53 bits per heavy atom. The first-order chi connectivity index (χ1) is 14.2. The van der Waals surface area contributed by atoms with Crippen LogP contribution in [-0.4, -0.2) is 31.7 Å². The maximum absolute atomic E-state index is 13.1. The minimum atomic E-state index is -3.60. The SMILES string of the molecule is Cc1ccc([C@@H](C)NC(=O)c2cc(S(=O)(=O)N3CCCCCC3)ccc2C)cc1C. The Kier molecular flexibility index (Phi) is 6.98. The molecule has 1 saturated heterocycles. The van der Waals surface area contributed by atoms with Gasteiger partial charge in [0.25, 0.3) is 5.91 Å². The van der Waals surface area contributed by atoms with E-state index in [-0.39, 0.29) is 16.8 Å². The summed E-state index contributed by atoms with van der Waals surface area (Å²) in [6.07, 6.45) is 3.88. The highest BCUT2D eigenvalue weighted by Crippen LogP contribution is 2.24. The molecule has 30 heavy (non-hydrogen) atoms. The number of carbonyl (C=O) groups excluding carboxylic acids is 1. The van der Waals surface area contributed by atoms with Crippen LogP contribution in [0.2, 0.25) is 0 Å². The van der Waals surface area contributed by atoms with Crippen LogP contribution < -0.4 is 5.32 Å². The van der Waals surface area contributed by atoms with Crippen LogP contribution in [0.3, 0.4) is 0 Å². The standard InChI is InChI=1S/C24H32N2O3S/c1-17-9-11-21(15-19(17)3)20(4)25-24(27)23-16-22(12-10-18(23)2)30(28,29)26-13-7-5-6-8-14-26/h9-12,15-16,20H,5-8,13-14H2,1-4H3,(H,25,27)/t20-/m1/s1. The molecule has 162 valence electrons. The second-order valence-corrected chi connectivity index (χ2v) is 10.3. The first kappa shape index (κ1) is 22.5. The van der Waals surface area contributed by atoms with E-state index in [1.165, 1.54) is 17.2 Å². The number of benzene rings is 2. The van der Waals surface area contributed by atoms with Crippen LogP contribution in [0.1, 0.15) is 71.3 Å². The first-order valence-electron chi connectivity index (χ1n) is 10.7. The first-order valence-corrected chi connectivity index (χ1v) is 12.1. The van der Waals surface area contributed by atoms with Crippen molar-refractivity contribution in [2.75, 3.05) is 13.1 Å². The molecule has 0 aliphatic carbocycles. The fourth-order valence-electron chi connectivity index (χ4n) is 3.83. The van der Waals surface area contributed by atoms with Gasteiger partial charge in [-0.05, 0) is 74.9 Å². The van der Waals surface area contributed by atoms with Gasteiger partial charge in [0.15, 0.2) is 0 Å². The van der Waals surface area contributed by atoms with Crippen LogP contribution in [0.15, 0.2) is 41.3 Å². The van der Waals surface area contributed by atoms with Gasteiger partial charge in [-0.15, -0.1) is 0 Å². The maximum atomic E-state index is 13.1. The van der Waals surface area contributed by atoms with E-state index in [0.29, 0.717) is 18.7 Å². The number of amides is 1. The summed E-state index contributed by atoms with van der Waals surface area (Å²) in [6, 6.07) is 10.8. The minimum absolute atomic E-state index is 0.179. The smallest absolute Gasteiger partial charge is 0.252 e. The molecular weight excluding hydrogens is 396 g/mol. The second kappa shape index (κ2) is 9.31. The molecule has 0 radical (unpaired) electrons. The van der Waals surface area contributed by atoms with E-state index in [9.17, 15) is 13.2 Å². The lowest BCUT2D eigenvalue weighted by Crippen LogP contribution is -2.32. The summed E-state index contributed by atoms with van der Waals surface area (Å²) < 4.78 is 27.8. The number of nitrogens with one attached hydrogen (secondary N) is 1. The highest BCUT2D eigenvalue weighted by Gasteiger charge is 2.26. The van der Waals surface area contributed by atoms with Crippen molar-refractivity contribution in [1.29, 1.82) is 0 Å². The number of aryl methyl sites for hydroxylation is 3. The van der Waals surface area contributed by atoms with E-state index in [0.717, 1.165) is 36.8 Å². The van der Waals surface area contributed by atoms with Crippen molar-refractivity contribution >= 4 is 15.9 Å². The van der Waals surface area contributed by atoms with Gasteiger partial charge < -0.3 is 5.32 Å². The zero-order chi connectivity index (χ0) is 21.9. The zero-order valence-corrected chi connectivity index (χ0v) is 19.2. The largest absolute Gasteiger partial charge is 0.346 e. The van der Waals surface area contributed by atoms with Gasteiger partial charge in [-0.25, -0.2) is 8.42 Å². The number of nitrogens with zero attached hydrogens (tertiary/aromatic N) is 1. The third-order valence-corrected chi connectivity index (χ3v) is 7.93. The molecule has 1 atom stereocenters. The minimum Gasteiger partial charge on any atom is -0.346 e. The fraction of sp³-hybridized carbons (Fsp3) is 0.458. The molecule has 1 aliphatic rings. The van der Waals surface area contributed by atoms with Crippen LogP contribution in [0.25, 0.3) is 0 Å². The topological polar surface area (TPSA) is 66.5 Å². The molecule has 1 aliphatic heterocycles.